The molecule has 0 saturated carbocycles. The van der Waals surface area contributed by atoms with Crippen LogP contribution in [0.15, 0.2) is 53.7 Å². The summed E-state index contributed by atoms with van der Waals surface area (Å²) in [5.41, 5.74) is 3.09. The Bertz CT molecular complexity index is 907. The van der Waals surface area contributed by atoms with E-state index in [-0.39, 0.29) is 11.7 Å². The number of thioether (sulfide) groups is 1. The van der Waals surface area contributed by atoms with E-state index in [0.717, 1.165) is 22.6 Å². The number of methoxy groups -OCH3 is 1. The quantitative estimate of drug-likeness (QED) is 0.569. The molecular weight excluding hydrogens is 374 g/mol. The molecule has 146 valence electrons. The van der Waals surface area contributed by atoms with Crippen LogP contribution in [0.3, 0.4) is 0 Å². The van der Waals surface area contributed by atoms with Crippen molar-refractivity contribution in [2.24, 2.45) is 0 Å². The molecule has 2 aromatic carbocycles. The smallest absolute Gasteiger partial charge is 0.230 e. The molecule has 0 spiro atoms. The number of aromatic amines is 1. The summed E-state index contributed by atoms with van der Waals surface area (Å²) in [6.07, 6.45) is 0. The molecule has 28 heavy (non-hydrogen) atoms. The van der Waals surface area contributed by atoms with E-state index in [0.29, 0.717) is 17.5 Å². The number of carbonyl (C=O) groups is 1. The highest BCUT2D eigenvalue weighted by atomic mass is 32.2. The topological polar surface area (TPSA) is 83.1 Å². The molecule has 1 heterocycles. The van der Waals surface area contributed by atoms with Crippen LogP contribution in [0.4, 0.5) is 5.69 Å². The molecule has 1 aromatic heterocycles. The third-order valence-electron chi connectivity index (χ3n) is 4.10. The second-order valence-corrected chi connectivity index (χ2v) is 7.26. The van der Waals surface area contributed by atoms with Crippen LogP contribution in [0, 0.1) is 0 Å². The van der Waals surface area contributed by atoms with Crippen LogP contribution < -0.4 is 15.0 Å². The lowest BCUT2D eigenvalue weighted by Gasteiger charge is -2.12. The Morgan fingerprint density at radius 2 is 1.86 bits per heavy atom. The van der Waals surface area contributed by atoms with Gasteiger partial charge in [-0.15, -0.1) is 5.10 Å². The van der Waals surface area contributed by atoms with Gasteiger partial charge in [-0.25, -0.2) is 4.98 Å². The van der Waals surface area contributed by atoms with E-state index in [4.69, 9.17) is 4.74 Å². The van der Waals surface area contributed by atoms with Gasteiger partial charge in [0.05, 0.1) is 12.9 Å². The molecule has 3 aromatic rings. The maximum atomic E-state index is 12.1. The molecule has 0 atom stereocenters. The summed E-state index contributed by atoms with van der Waals surface area (Å²) in [7, 11) is 5.62. The fraction of sp³-hybridized carbons (Fsp3) is 0.250. The average molecular weight is 398 g/mol. The van der Waals surface area contributed by atoms with Gasteiger partial charge >= 0.3 is 0 Å². The highest BCUT2D eigenvalue weighted by molar-refractivity contribution is 7.99. The Hall–Kier alpha value is -3.00. The van der Waals surface area contributed by atoms with Crippen molar-refractivity contribution >= 4 is 23.4 Å². The predicted molar refractivity (Wildman–Crippen MR) is 112 cm³/mol. The summed E-state index contributed by atoms with van der Waals surface area (Å²) in [6, 6.07) is 15.6. The van der Waals surface area contributed by atoms with Crippen molar-refractivity contribution < 1.29 is 9.53 Å². The number of amides is 1. The van der Waals surface area contributed by atoms with Gasteiger partial charge in [-0.2, -0.15) is 0 Å². The van der Waals surface area contributed by atoms with Crippen molar-refractivity contribution in [3.63, 3.8) is 0 Å². The van der Waals surface area contributed by atoms with Crippen molar-refractivity contribution in [1.82, 2.24) is 20.5 Å². The number of carbonyl (C=O) groups excluding carboxylic acids is 1. The number of nitrogens with zero attached hydrogens (tertiary/aromatic N) is 3. The average Bonchev–Trinajstić information content (AvgIpc) is 3.20. The van der Waals surface area contributed by atoms with Crippen LogP contribution in [0.5, 0.6) is 5.75 Å². The zero-order valence-corrected chi connectivity index (χ0v) is 16.9. The van der Waals surface area contributed by atoms with E-state index < -0.39 is 0 Å². The summed E-state index contributed by atoms with van der Waals surface area (Å²) in [5, 5.41) is 10.5. The third kappa shape index (κ3) is 5.26. The normalized spacial score (nSPS) is 10.5. The van der Waals surface area contributed by atoms with Gasteiger partial charge in [0, 0.05) is 31.9 Å². The van der Waals surface area contributed by atoms with Gasteiger partial charge in [0.2, 0.25) is 11.1 Å². The standard InChI is InChI=1S/C20H23N5O2S/c1-25(2)16-8-4-14(5-9-16)12-21-18(26)13-28-20-22-19(23-24-20)15-6-10-17(27-3)11-7-15/h4-11H,12-13H2,1-3H3,(H,21,26)(H,22,23,24). The van der Waals surface area contributed by atoms with E-state index in [9.17, 15) is 4.79 Å². The fourth-order valence-corrected chi connectivity index (χ4v) is 3.11. The highest BCUT2D eigenvalue weighted by Gasteiger charge is 2.09. The SMILES string of the molecule is COc1ccc(-c2nc(SCC(=O)NCc3ccc(N(C)C)cc3)n[nH]2)cc1. The number of ether oxygens (including phenoxy) is 1. The van der Waals surface area contributed by atoms with Crippen molar-refractivity contribution in [2.45, 2.75) is 11.7 Å². The third-order valence-corrected chi connectivity index (χ3v) is 4.95. The number of benzene rings is 2. The largest absolute Gasteiger partial charge is 0.497 e. The Balaban J connectivity index is 1.47. The van der Waals surface area contributed by atoms with Gasteiger partial charge in [-0.05, 0) is 42.0 Å². The second kappa shape index (κ2) is 9.27. The van der Waals surface area contributed by atoms with Gasteiger partial charge in [0.1, 0.15) is 5.75 Å². The first kappa shape index (κ1) is 19.8. The molecule has 0 aliphatic heterocycles. The van der Waals surface area contributed by atoms with Crippen LogP contribution >= 0.6 is 11.8 Å². The van der Waals surface area contributed by atoms with E-state index in [1.54, 1.807) is 7.11 Å². The minimum Gasteiger partial charge on any atom is -0.497 e. The number of rotatable bonds is 8. The van der Waals surface area contributed by atoms with Crippen molar-refractivity contribution in [1.29, 1.82) is 0 Å². The van der Waals surface area contributed by atoms with Gasteiger partial charge in [-0.1, -0.05) is 23.9 Å². The molecule has 0 radical (unpaired) electrons. The fourth-order valence-electron chi connectivity index (χ4n) is 2.48. The van der Waals surface area contributed by atoms with E-state index in [1.807, 2.05) is 67.5 Å². The van der Waals surface area contributed by atoms with Crippen molar-refractivity contribution in [2.75, 3.05) is 31.9 Å². The van der Waals surface area contributed by atoms with Crippen LogP contribution in [0.1, 0.15) is 5.56 Å². The maximum Gasteiger partial charge on any atom is 0.230 e. The molecule has 8 heteroatoms. The van der Waals surface area contributed by atoms with Crippen LogP contribution in [-0.2, 0) is 11.3 Å². The van der Waals surface area contributed by atoms with Gasteiger partial charge in [-0.3, -0.25) is 9.89 Å². The summed E-state index contributed by atoms with van der Waals surface area (Å²) < 4.78 is 5.15. The first-order chi connectivity index (χ1) is 13.5. The lowest BCUT2D eigenvalue weighted by atomic mass is 10.2. The lowest BCUT2D eigenvalue weighted by molar-refractivity contribution is -0.118. The molecule has 0 bridgehead atoms. The molecular formula is C20H23N5O2S. The van der Waals surface area contributed by atoms with Crippen molar-refractivity contribution in [3.8, 4) is 17.1 Å². The maximum absolute atomic E-state index is 12.1. The summed E-state index contributed by atoms with van der Waals surface area (Å²) in [4.78, 5) is 18.6. The van der Waals surface area contributed by atoms with Crippen molar-refractivity contribution in [3.05, 3.63) is 54.1 Å². The highest BCUT2D eigenvalue weighted by Crippen LogP contribution is 2.21. The van der Waals surface area contributed by atoms with E-state index in [2.05, 4.69) is 20.5 Å². The van der Waals surface area contributed by atoms with Gasteiger partial charge in [0.15, 0.2) is 5.82 Å². The van der Waals surface area contributed by atoms with E-state index in [1.165, 1.54) is 11.8 Å². The zero-order chi connectivity index (χ0) is 19.9. The Kier molecular flexibility index (Phi) is 6.54. The molecule has 0 saturated heterocycles. The van der Waals surface area contributed by atoms with Crippen LogP contribution in [-0.4, -0.2) is 48.0 Å². The predicted octanol–water partition coefficient (Wildman–Crippen LogP) is 2.95. The number of nitrogens with one attached hydrogen (secondary N) is 2. The Labute approximate surface area is 168 Å². The zero-order valence-electron chi connectivity index (χ0n) is 16.1. The lowest BCUT2D eigenvalue weighted by Crippen LogP contribution is -2.24. The van der Waals surface area contributed by atoms with Gasteiger partial charge < -0.3 is 15.0 Å². The molecule has 0 aliphatic carbocycles. The first-order valence-electron chi connectivity index (χ1n) is 8.78. The number of H-pyrrole nitrogens is 1. The molecule has 3 rings (SSSR count). The molecule has 0 aliphatic rings. The van der Waals surface area contributed by atoms with Crippen LogP contribution in [0.2, 0.25) is 0 Å². The second-order valence-electron chi connectivity index (χ2n) is 6.32. The van der Waals surface area contributed by atoms with Gasteiger partial charge in [0.25, 0.3) is 0 Å². The first-order valence-corrected chi connectivity index (χ1v) is 9.76. The molecule has 0 fully saturated rings. The number of anilines is 1. The monoisotopic (exact) mass is 397 g/mol. The van der Waals surface area contributed by atoms with E-state index >= 15 is 0 Å². The summed E-state index contributed by atoms with van der Waals surface area (Å²) >= 11 is 1.30. The number of hydrogen-bond acceptors (Lipinski definition) is 6. The van der Waals surface area contributed by atoms with Crippen LogP contribution in [0.25, 0.3) is 11.4 Å². The molecule has 1 amide bonds. The summed E-state index contributed by atoms with van der Waals surface area (Å²) in [6.45, 7) is 0.498. The number of aromatic nitrogens is 3. The minimum absolute atomic E-state index is 0.0579. The molecule has 0 unspecified atom stereocenters. The summed E-state index contributed by atoms with van der Waals surface area (Å²) in [5.74, 6) is 1.64. The number of hydrogen-bond donors (Lipinski definition) is 2. The Morgan fingerprint density at radius 1 is 1.14 bits per heavy atom. The molecule has 2 N–H and O–H groups in total. The molecule has 7 nitrogen and oxygen atoms in total. The Morgan fingerprint density at radius 3 is 2.50 bits per heavy atom. The minimum atomic E-state index is -0.0579.